The Hall–Kier alpha value is -3.56. The molecular weight excluding hydrogens is 415 g/mol. The number of hydrogen-bond donors (Lipinski definition) is 3. The van der Waals surface area contributed by atoms with Crippen LogP contribution in [0.5, 0.6) is 0 Å². The SMILES string of the molecule is CC(NC(=O)C(O)C(O)C(=O)N1Cc2cccc(F)c2C1)c1ccc(-n2cccn2)cc1. The number of nitrogens with zero attached hydrogens (tertiary/aromatic N) is 3. The summed E-state index contributed by atoms with van der Waals surface area (Å²) in [4.78, 5) is 26.2. The molecule has 0 spiro atoms. The van der Waals surface area contributed by atoms with Crippen molar-refractivity contribution in [3.63, 3.8) is 0 Å². The lowest BCUT2D eigenvalue weighted by molar-refractivity contribution is -0.153. The number of aliphatic hydroxyl groups is 2. The van der Waals surface area contributed by atoms with Gasteiger partial charge >= 0.3 is 0 Å². The van der Waals surface area contributed by atoms with Crippen molar-refractivity contribution in [2.24, 2.45) is 0 Å². The fourth-order valence-electron chi connectivity index (χ4n) is 3.72. The average molecular weight is 438 g/mol. The van der Waals surface area contributed by atoms with Gasteiger partial charge in [-0.05, 0) is 42.3 Å². The minimum atomic E-state index is -1.96. The molecule has 1 aromatic heterocycles. The number of benzene rings is 2. The van der Waals surface area contributed by atoms with Crippen molar-refractivity contribution in [3.8, 4) is 5.69 Å². The minimum Gasteiger partial charge on any atom is -0.380 e. The summed E-state index contributed by atoms with van der Waals surface area (Å²) in [6.45, 7) is 1.81. The number of nitrogens with one attached hydrogen (secondary N) is 1. The van der Waals surface area contributed by atoms with Crippen molar-refractivity contribution < 1.29 is 24.2 Å². The van der Waals surface area contributed by atoms with Crippen LogP contribution in [0.2, 0.25) is 0 Å². The van der Waals surface area contributed by atoms with E-state index in [0.29, 0.717) is 11.1 Å². The van der Waals surface area contributed by atoms with Crippen LogP contribution in [-0.4, -0.2) is 48.9 Å². The second-order valence-corrected chi connectivity index (χ2v) is 7.73. The van der Waals surface area contributed by atoms with Gasteiger partial charge in [-0.3, -0.25) is 9.59 Å². The molecule has 3 atom stereocenters. The zero-order valence-corrected chi connectivity index (χ0v) is 17.4. The highest BCUT2D eigenvalue weighted by Crippen LogP contribution is 2.26. The number of rotatable bonds is 6. The molecule has 0 radical (unpaired) electrons. The number of halogens is 1. The Morgan fingerprint density at radius 3 is 2.47 bits per heavy atom. The van der Waals surface area contributed by atoms with Gasteiger partial charge in [0.15, 0.2) is 12.2 Å². The molecule has 8 nitrogen and oxygen atoms in total. The second kappa shape index (κ2) is 8.89. The standard InChI is InChI=1S/C23H23FN4O4/c1-14(15-6-8-17(9-7-15)28-11-3-10-25-28)26-22(31)20(29)21(30)23(32)27-12-16-4-2-5-19(24)18(16)13-27/h2-11,14,20-21,29-30H,12-13H2,1H3,(H,26,31). The van der Waals surface area contributed by atoms with E-state index in [1.807, 2.05) is 36.5 Å². The van der Waals surface area contributed by atoms with Crippen LogP contribution in [0.4, 0.5) is 4.39 Å². The van der Waals surface area contributed by atoms with Crippen LogP contribution < -0.4 is 5.32 Å². The van der Waals surface area contributed by atoms with E-state index in [4.69, 9.17) is 0 Å². The van der Waals surface area contributed by atoms with Crippen LogP contribution in [-0.2, 0) is 22.7 Å². The average Bonchev–Trinajstić information content (AvgIpc) is 3.48. The molecule has 0 fully saturated rings. The highest BCUT2D eigenvalue weighted by atomic mass is 19.1. The monoisotopic (exact) mass is 438 g/mol. The van der Waals surface area contributed by atoms with Gasteiger partial charge < -0.3 is 20.4 Å². The van der Waals surface area contributed by atoms with Gasteiger partial charge in [-0.15, -0.1) is 0 Å². The predicted octanol–water partition coefficient (Wildman–Crippen LogP) is 1.45. The highest BCUT2D eigenvalue weighted by molar-refractivity contribution is 5.91. The van der Waals surface area contributed by atoms with Crippen molar-refractivity contribution in [3.05, 3.63) is 83.4 Å². The molecule has 9 heteroatoms. The molecule has 3 unspecified atom stereocenters. The Morgan fingerprint density at radius 2 is 1.81 bits per heavy atom. The van der Waals surface area contributed by atoms with Crippen molar-refractivity contribution in [2.75, 3.05) is 0 Å². The number of hydrogen-bond acceptors (Lipinski definition) is 5. The maximum atomic E-state index is 13.9. The molecule has 4 rings (SSSR count). The molecule has 2 amide bonds. The topological polar surface area (TPSA) is 108 Å². The van der Waals surface area contributed by atoms with Crippen LogP contribution in [0, 0.1) is 5.82 Å². The molecular formula is C23H23FN4O4. The van der Waals surface area contributed by atoms with Crippen LogP contribution in [0.25, 0.3) is 5.69 Å². The van der Waals surface area contributed by atoms with Crippen molar-refractivity contribution >= 4 is 11.8 Å². The Kier molecular flexibility index (Phi) is 6.02. The first kappa shape index (κ1) is 21.7. The third kappa shape index (κ3) is 4.25. The fourth-order valence-corrected chi connectivity index (χ4v) is 3.72. The molecule has 0 saturated carbocycles. The lowest BCUT2D eigenvalue weighted by Crippen LogP contribution is -2.50. The van der Waals surface area contributed by atoms with E-state index in [1.165, 1.54) is 11.0 Å². The molecule has 0 bridgehead atoms. The predicted molar refractivity (Wildman–Crippen MR) is 113 cm³/mol. The number of carbonyl (C=O) groups is 2. The number of carbonyl (C=O) groups excluding carboxylic acids is 2. The molecule has 3 N–H and O–H groups in total. The van der Waals surface area contributed by atoms with Gasteiger partial charge in [0, 0.05) is 31.0 Å². The lowest BCUT2D eigenvalue weighted by Gasteiger charge is -2.24. The highest BCUT2D eigenvalue weighted by Gasteiger charge is 2.36. The summed E-state index contributed by atoms with van der Waals surface area (Å²) >= 11 is 0. The van der Waals surface area contributed by atoms with Crippen LogP contribution in [0.1, 0.15) is 29.7 Å². The van der Waals surface area contributed by atoms with Gasteiger partial charge in [0.1, 0.15) is 5.82 Å². The Balaban J connectivity index is 1.35. The molecule has 1 aliphatic heterocycles. The smallest absolute Gasteiger partial charge is 0.255 e. The largest absolute Gasteiger partial charge is 0.380 e. The van der Waals surface area contributed by atoms with Gasteiger partial charge in [0.05, 0.1) is 11.7 Å². The second-order valence-electron chi connectivity index (χ2n) is 7.73. The molecule has 32 heavy (non-hydrogen) atoms. The molecule has 2 aromatic carbocycles. The van der Waals surface area contributed by atoms with E-state index in [2.05, 4.69) is 10.4 Å². The maximum Gasteiger partial charge on any atom is 0.255 e. The summed E-state index contributed by atoms with van der Waals surface area (Å²) in [6, 6.07) is 13.2. The summed E-state index contributed by atoms with van der Waals surface area (Å²) in [5.74, 6) is -2.14. The van der Waals surface area contributed by atoms with Crippen LogP contribution in [0.15, 0.2) is 60.9 Å². The first-order valence-electron chi connectivity index (χ1n) is 10.2. The zero-order chi connectivity index (χ0) is 22.8. The van der Waals surface area contributed by atoms with E-state index < -0.39 is 35.9 Å². The summed E-state index contributed by atoms with van der Waals surface area (Å²) in [6.07, 6.45) is -0.437. The van der Waals surface area contributed by atoms with Crippen molar-refractivity contribution in [1.82, 2.24) is 20.0 Å². The first-order chi connectivity index (χ1) is 15.3. The summed E-state index contributed by atoms with van der Waals surface area (Å²) < 4.78 is 15.6. The normalized spacial score (nSPS) is 15.7. The number of aliphatic hydroxyl groups excluding tert-OH is 2. The Bertz CT molecular complexity index is 1120. The van der Waals surface area contributed by atoms with Crippen LogP contribution in [0.3, 0.4) is 0 Å². The van der Waals surface area contributed by atoms with E-state index in [9.17, 15) is 24.2 Å². The maximum absolute atomic E-state index is 13.9. The third-order valence-electron chi connectivity index (χ3n) is 5.58. The minimum absolute atomic E-state index is 0.0226. The number of amides is 2. The van der Waals surface area contributed by atoms with E-state index in [1.54, 1.807) is 29.9 Å². The molecule has 166 valence electrons. The van der Waals surface area contributed by atoms with Gasteiger partial charge in [-0.25, -0.2) is 9.07 Å². The van der Waals surface area contributed by atoms with Crippen molar-refractivity contribution in [1.29, 1.82) is 0 Å². The van der Waals surface area contributed by atoms with Gasteiger partial charge in [0.25, 0.3) is 11.8 Å². The van der Waals surface area contributed by atoms with Gasteiger partial charge in [-0.2, -0.15) is 5.10 Å². The quantitative estimate of drug-likeness (QED) is 0.540. The summed E-state index contributed by atoms with van der Waals surface area (Å²) in [5, 5.41) is 27.3. The molecule has 1 aliphatic rings. The molecule has 0 saturated heterocycles. The number of fused-ring (bicyclic) bond motifs is 1. The Morgan fingerprint density at radius 1 is 1.06 bits per heavy atom. The van der Waals surface area contributed by atoms with E-state index >= 15 is 0 Å². The zero-order valence-electron chi connectivity index (χ0n) is 17.4. The van der Waals surface area contributed by atoms with E-state index in [-0.39, 0.29) is 13.1 Å². The molecule has 3 aromatic rings. The molecule has 2 heterocycles. The summed E-state index contributed by atoms with van der Waals surface area (Å²) in [7, 11) is 0. The van der Waals surface area contributed by atoms with E-state index in [0.717, 1.165) is 11.3 Å². The van der Waals surface area contributed by atoms with Gasteiger partial charge in [-0.1, -0.05) is 24.3 Å². The lowest BCUT2D eigenvalue weighted by atomic mass is 10.1. The van der Waals surface area contributed by atoms with Gasteiger partial charge in [0.2, 0.25) is 0 Å². The van der Waals surface area contributed by atoms with Crippen molar-refractivity contribution in [2.45, 2.75) is 38.3 Å². The Labute approximate surface area is 183 Å². The molecule has 0 aliphatic carbocycles. The fraction of sp³-hybridized carbons (Fsp3) is 0.261. The van der Waals surface area contributed by atoms with Crippen LogP contribution >= 0.6 is 0 Å². The summed E-state index contributed by atoms with van der Waals surface area (Å²) in [5.41, 5.74) is 2.63. The first-order valence-corrected chi connectivity index (χ1v) is 10.2. The number of aromatic nitrogens is 2. The third-order valence-corrected chi connectivity index (χ3v) is 5.58.